The summed E-state index contributed by atoms with van der Waals surface area (Å²) in [5.74, 6) is -0.108. The van der Waals surface area contributed by atoms with Crippen LogP contribution in [0.15, 0.2) is 53.3 Å². The molecule has 0 unspecified atom stereocenters. The minimum atomic E-state index is -0.265. The van der Waals surface area contributed by atoms with Crippen LogP contribution in [0.3, 0.4) is 0 Å². The molecule has 2 aromatic carbocycles. The maximum absolute atomic E-state index is 12.6. The number of fused-ring (bicyclic) bond motifs is 1. The van der Waals surface area contributed by atoms with E-state index in [9.17, 15) is 9.59 Å². The van der Waals surface area contributed by atoms with Crippen molar-refractivity contribution in [3.63, 3.8) is 0 Å². The number of carbonyl (C=O) groups is 1. The van der Waals surface area contributed by atoms with Crippen LogP contribution in [-0.4, -0.2) is 35.0 Å². The Kier molecular flexibility index (Phi) is 4.01. The Balaban J connectivity index is 1.46. The molecule has 3 N–H and O–H groups in total. The highest BCUT2D eigenvalue weighted by Gasteiger charge is 2.22. The predicted molar refractivity (Wildman–Crippen MR) is 98.1 cm³/mol. The third-order valence-corrected chi connectivity index (χ3v) is 4.66. The third-order valence-electron chi connectivity index (χ3n) is 4.66. The van der Waals surface area contributed by atoms with Crippen LogP contribution in [0, 0.1) is 0 Å². The van der Waals surface area contributed by atoms with E-state index in [2.05, 4.69) is 32.3 Å². The highest BCUT2D eigenvalue weighted by molar-refractivity contribution is 5.97. The van der Waals surface area contributed by atoms with Crippen molar-refractivity contribution < 1.29 is 4.79 Å². The number of H-pyrrole nitrogens is 2. The molecule has 0 bridgehead atoms. The highest BCUT2D eigenvalue weighted by Crippen LogP contribution is 2.20. The average Bonchev–Trinajstić information content (AvgIpc) is 3.02. The van der Waals surface area contributed by atoms with E-state index in [0.717, 1.165) is 25.9 Å². The number of nitrogens with one attached hydrogen (secondary N) is 3. The van der Waals surface area contributed by atoms with Crippen molar-refractivity contribution in [2.24, 2.45) is 0 Å². The molecule has 2 heterocycles. The molecule has 0 radical (unpaired) electrons. The number of aromatic amines is 2. The second kappa shape index (κ2) is 6.47. The van der Waals surface area contributed by atoms with E-state index in [-0.39, 0.29) is 17.6 Å². The topological polar surface area (TPSA) is 81.0 Å². The molecule has 6 heteroatoms. The number of nitrogens with zero attached hydrogens (tertiary/aromatic N) is 1. The Morgan fingerprint density at radius 3 is 2.72 bits per heavy atom. The van der Waals surface area contributed by atoms with E-state index in [1.54, 1.807) is 18.2 Å². The van der Waals surface area contributed by atoms with Crippen LogP contribution < -0.4 is 15.9 Å². The predicted octanol–water partition coefficient (Wildman–Crippen LogP) is 2.25. The van der Waals surface area contributed by atoms with Crippen LogP contribution in [-0.2, 0) is 0 Å². The van der Waals surface area contributed by atoms with Crippen molar-refractivity contribution in [2.75, 3.05) is 18.0 Å². The number of anilines is 1. The number of carbonyl (C=O) groups excluding carboxylic acids is 1. The Labute approximate surface area is 144 Å². The molecule has 1 aliphatic rings. The molecule has 1 saturated heterocycles. The molecule has 1 fully saturated rings. The Bertz CT molecular complexity index is 945. The van der Waals surface area contributed by atoms with Crippen molar-refractivity contribution in [3.05, 3.63) is 64.6 Å². The number of imidazole rings is 1. The van der Waals surface area contributed by atoms with Gasteiger partial charge >= 0.3 is 5.69 Å². The van der Waals surface area contributed by atoms with Gasteiger partial charge in [0.05, 0.1) is 11.0 Å². The molecular formula is C19H20N4O2. The fourth-order valence-corrected chi connectivity index (χ4v) is 3.41. The van der Waals surface area contributed by atoms with E-state index in [0.29, 0.717) is 16.6 Å². The van der Waals surface area contributed by atoms with E-state index in [1.165, 1.54) is 5.69 Å². The van der Waals surface area contributed by atoms with Gasteiger partial charge in [-0.25, -0.2) is 4.79 Å². The number of hydrogen-bond acceptors (Lipinski definition) is 3. The average molecular weight is 336 g/mol. The molecular weight excluding hydrogens is 316 g/mol. The first-order valence-corrected chi connectivity index (χ1v) is 8.52. The number of hydrogen-bond donors (Lipinski definition) is 3. The molecule has 0 aliphatic carbocycles. The second-order valence-corrected chi connectivity index (χ2v) is 6.43. The molecule has 128 valence electrons. The molecule has 0 spiro atoms. The zero-order valence-electron chi connectivity index (χ0n) is 13.8. The summed E-state index contributed by atoms with van der Waals surface area (Å²) in [7, 11) is 0. The lowest BCUT2D eigenvalue weighted by Crippen LogP contribution is -2.47. The lowest BCUT2D eigenvalue weighted by molar-refractivity contribution is 0.0933. The first-order valence-electron chi connectivity index (χ1n) is 8.52. The zero-order valence-corrected chi connectivity index (χ0v) is 13.8. The number of piperidine rings is 1. The zero-order chi connectivity index (χ0) is 17.2. The lowest BCUT2D eigenvalue weighted by Gasteiger charge is -2.34. The molecule has 1 amide bonds. The smallest absolute Gasteiger partial charge is 0.323 e. The summed E-state index contributed by atoms with van der Waals surface area (Å²) in [6.45, 7) is 1.81. The summed E-state index contributed by atoms with van der Waals surface area (Å²) >= 11 is 0. The molecule has 6 nitrogen and oxygen atoms in total. The van der Waals surface area contributed by atoms with Gasteiger partial charge in [-0.3, -0.25) is 4.79 Å². The lowest BCUT2D eigenvalue weighted by atomic mass is 10.0. The minimum Gasteiger partial charge on any atom is -0.369 e. The van der Waals surface area contributed by atoms with Gasteiger partial charge in [-0.2, -0.15) is 0 Å². The second-order valence-electron chi connectivity index (χ2n) is 6.43. The number of rotatable bonds is 3. The van der Waals surface area contributed by atoms with Crippen molar-refractivity contribution in [1.29, 1.82) is 0 Å². The molecule has 1 atom stereocenters. The Hall–Kier alpha value is -3.02. The maximum Gasteiger partial charge on any atom is 0.323 e. The van der Waals surface area contributed by atoms with E-state index < -0.39 is 0 Å². The standard InChI is InChI=1S/C19H20N4O2/c24-18(13-8-9-16-17(11-13)22-19(25)21-16)20-14-5-4-10-23(12-14)15-6-2-1-3-7-15/h1-3,6-9,11,14H,4-5,10,12H2,(H,20,24)(H2,21,22,25)/t14-/m1/s1. The fourth-order valence-electron chi connectivity index (χ4n) is 3.41. The SMILES string of the molecule is O=C(N[C@@H]1CCCN(c2ccccc2)C1)c1ccc2[nH]c(=O)[nH]c2c1. The van der Waals surface area contributed by atoms with Crippen LogP contribution in [0.25, 0.3) is 11.0 Å². The number of para-hydroxylation sites is 1. The van der Waals surface area contributed by atoms with Crippen LogP contribution in [0.5, 0.6) is 0 Å². The van der Waals surface area contributed by atoms with E-state index in [1.807, 2.05) is 18.2 Å². The van der Waals surface area contributed by atoms with Gasteiger partial charge in [0.25, 0.3) is 5.91 Å². The summed E-state index contributed by atoms with van der Waals surface area (Å²) in [6.07, 6.45) is 2.02. The molecule has 1 aliphatic heterocycles. The number of benzene rings is 2. The summed E-state index contributed by atoms with van der Waals surface area (Å²) < 4.78 is 0. The highest BCUT2D eigenvalue weighted by atomic mass is 16.2. The minimum absolute atomic E-state index is 0.108. The summed E-state index contributed by atoms with van der Waals surface area (Å²) in [6, 6.07) is 15.6. The van der Waals surface area contributed by atoms with Crippen LogP contribution in [0.4, 0.5) is 5.69 Å². The molecule has 1 aromatic heterocycles. The number of aromatic nitrogens is 2. The van der Waals surface area contributed by atoms with Crippen molar-refractivity contribution in [2.45, 2.75) is 18.9 Å². The quantitative estimate of drug-likeness (QED) is 0.686. The molecule has 25 heavy (non-hydrogen) atoms. The molecule has 0 saturated carbocycles. The maximum atomic E-state index is 12.6. The van der Waals surface area contributed by atoms with Crippen LogP contribution in [0.1, 0.15) is 23.2 Å². The van der Waals surface area contributed by atoms with Crippen LogP contribution in [0.2, 0.25) is 0 Å². The van der Waals surface area contributed by atoms with Gasteiger partial charge in [-0.1, -0.05) is 18.2 Å². The fraction of sp³-hybridized carbons (Fsp3) is 0.263. The van der Waals surface area contributed by atoms with Gasteiger partial charge in [0.2, 0.25) is 0 Å². The largest absolute Gasteiger partial charge is 0.369 e. The summed E-state index contributed by atoms with van der Waals surface area (Å²) in [5.41, 5.74) is 2.83. The third kappa shape index (κ3) is 3.28. The van der Waals surface area contributed by atoms with Crippen molar-refractivity contribution in [3.8, 4) is 0 Å². The number of amides is 1. The first kappa shape index (κ1) is 15.5. The molecule has 3 aromatic rings. The normalized spacial score (nSPS) is 17.6. The van der Waals surface area contributed by atoms with Gasteiger partial charge in [0.1, 0.15) is 0 Å². The summed E-state index contributed by atoms with van der Waals surface area (Å²) in [4.78, 5) is 31.6. The van der Waals surface area contributed by atoms with Gasteiger partial charge in [-0.15, -0.1) is 0 Å². The van der Waals surface area contributed by atoms with Crippen molar-refractivity contribution in [1.82, 2.24) is 15.3 Å². The molecule has 4 rings (SSSR count). The van der Waals surface area contributed by atoms with Gasteiger partial charge in [0, 0.05) is 30.4 Å². The summed E-state index contributed by atoms with van der Waals surface area (Å²) in [5, 5.41) is 3.12. The van der Waals surface area contributed by atoms with Gasteiger partial charge in [0.15, 0.2) is 0 Å². The van der Waals surface area contributed by atoms with E-state index >= 15 is 0 Å². The monoisotopic (exact) mass is 336 g/mol. The van der Waals surface area contributed by atoms with Crippen molar-refractivity contribution >= 4 is 22.6 Å². The Morgan fingerprint density at radius 2 is 1.88 bits per heavy atom. The van der Waals surface area contributed by atoms with Gasteiger partial charge in [-0.05, 0) is 43.2 Å². The van der Waals surface area contributed by atoms with Crippen LogP contribution >= 0.6 is 0 Å². The van der Waals surface area contributed by atoms with Gasteiger partial charge < -0.3 is 20.2 Å². The Morgan fingerprint density at radius 1 is 1.08 bits per heavy atom. The first-order chi connectivity index (χ1) is 12.2. The van der Waals surface area contributed by atoms with E-state index in [4.69, 9.17) is 0 Å².